The Labute approximate surface area is 164 Å². The van der Waals surface area contributed by atoms with E-state index >= 15 is 0 Å². The van der Waals surface area contributed by atoms with Crippen LogP contribution in [0.2, 0.25) is 0 Å². The zero-order valence-corrected chi connectivity index (χ0v) is 15.7. The van der Waals surface area contributed by atoms with Gasteiger partial charge in [-0.1, -0.05) is 91.1 Å². The lowest BCUT2D eigenvalue weighted by Crippen LogP contribution is -2.14. The van der Waals surface area contributed by atoms with Crippen LogP contribution in [0.25, 0.3) is 0 Å². The van der Waals surface area contributed by atoms with Gasteiger partial charge in [-0.05, 0) is 41.5 Å². The number of benzene rings is 3. The van der Waals surface area contributed by atoms with Crippen molar-refractivity contribution >= 4 is 11.8 Å². The van der Waals surface area contributed by atoms with Crippen LogP contribution in [0.5, 0.6) is 5.75 Å². The fraction of sp³-hybridized carbons (Fsp3) is 0.0400. The lowest BCUT2D eigenvalue weighted by Gasteiger charge is -2.27. The van der Waals surface area contributed by atoms with E-state index in [1.807, 2.05) is 42.5 Å². The molecule has 0 bridgehead atoms. The van der Waals surface area contributed by atoms with Crippen molar-refractivity contribution in [2.45, 2.75) is 10.8 Å². The molecule has 0 N–H and O–H groups in total. The van der Waals surface area contributed by atoms with Gasteiger partial charge in [0.15, 0.2) is 0 Å². The van der Waals surface area contributed by atoms with Gasteiger partial charge in [-0.2, -0.15) is 0 Å². The van der Waals surface area contributed by atoms with Gasteiger partial charge in [-0.25, -0.2) is 0 Å². The van der Waals surface area contributed by atoms with Crippen LogP contribution in [-0.4, -0.2) is 0 Å². The molecule has 4 rings (SSSR count). The van der Waals surface area contributed by atoms with Gasteiger partial charge in [0.2, 0.25) is 0 Å². The molecule has 1 aliphatic carbocycles. The quantitative estimate of drug-likeness (QED) is 0.480. The molecule has 3 aromatic carbocycles. The Morgan fingerprint density at radius 3 is 1.96 bits per heavy atom. The van der Waals surface area contributed by atoms with Crippen molar-refractivity contribution in [3.8, 4) is 5.75 Å². The fourth-order valence-electron chi connectivity index (χ4n) is 3.11. The molecule has 132 valence electrons. The van der Waals surface area contributed by atoms with Crippen LogP contribution in [-0.2, 0) is 0 Å². The van der Waals surface area contributed by atoms with Gasteiger partial charge >= 0.3 is 0 Å². The SMILES string of the molecule is C=C1C=CC(Sc2ccccc2)=C(Oc2ccccc2)C1c1ccccc1. The minimum absolute atomic E-state index is 0.00242. The fourth-order valence-corrected chi connectivity index (χ4v) is 4.05. The average Bonchev–Trinajstić information content (AvgIpc) is 2.72. The molecule has 0 spiro atoms. The summed E-state index contributed by atoms with van der Waals surface area (Å²) in [5, 5.41) is 0. The van der Waals surface area contributed by atoms with E-state index in [2.05, 4.69) is 67.3 Å². The standard InChI is InChI=1S/C25H20OS/c1-19-17-18-23(27-22-15-9-4-10-16-22)25(26-21-13-7-3-8-14-21)24(19)20-11-5-2-6-12-20/h2-18,24H,1H2. The number of para-hydroxylation sites is 1. The van der Waals surface area contributed by atoms with Crippen LogP contribution in [0.1, 0.15) is 11.5 Å². The van der Waals surface area contributed by atoms with Crippen molar-refractivity contribution in [1.82, 2.24) is 0 Å². The maximum absolute atomic E-state index is 6.42. The van der Waals surface area contributed by atoms with Gasteiger partial charge < -0.3 is 4.74 Å². The van der Waals surface area contributed by atoms with Crippen molar-refractivity contribution in [3.05, 3.63) is 132 Å². The van der Waals surface area contributed by atoms with Gasteiger partial charge in [0.1, 0.15) is 11.5 Å². The summed E-state index contributed by atoms with van der Waals surface area (Å²) in [6.45, 7) is 4.30. The van der Waals surface area contributed by atoms with Gasteiger partial charge in [-0.15, -0.1) is 0 Å². The van der Waals surface area contributed by atoms with Crippen molar-refractivity contribution in [2.24, 2.45) is 0 Å². The summed E-state index contributed by atoms with van der Waals surface area (Å²) in [5.41, 5.74) is 2.22. The third kappa shape index (κ3) is 4.07. The molecule has 0 amide bonds. The summed E-state index contributed by atoms with van der Waals surface area (Å²) in [6.07, 6.45) is 4.21. The minimum atomic E-state index is 0.00242. The lowest BCUT2D eigenvalue weighted by molar-refractivity contribution is 0.394. The van der Waals surface area contributed by atoms with Crippen molar-refractivity contribution in [3.63, 3.8) is 0 Å². The Morgan fingerprint density at radius 1 is 0.704 bits per heavy atom. The van der Waals surface area contributed by atoms with E-state index in [-0.39, 0.29) is 5.92 Å². The molecule has 0 radical (unpaired) electrons. The van der Waals surface area contributed by atoms with E-state index in [9.17, 15) is 0 Å². The Balaban J connectivity index is 1.79. The first-order valence-corrected chi connectivity index (χ1v) is 9.75. The molecule has 0 saturated carbocycles. The normalized spacial score (nSPS) is 16.4. The van der Waals surface area contributed by atoms with E-state index in [0.717, 1.165) is 22.0 Å². The third-order valence-electron chi connectivity index (χ3n) is 4.40. The maximum atomic E-state index is 6.42. The van der Waals surface area contributed by atoms with E-state index in [4.69, 9.17) is 4.74 Å². The van der Waals surface area contributed by atoms with Crippen LogP contribution < -0.4 is 4.74 Å². The maximum Gasteiger partial charge on any atom is 0.130 e. The van der Waals surface area contributed by atoms with E-state index in [1.165, 1.54) is 10.5 Å². The summed E-state index contributed by atoms with van der Waals surface area (Å²) in [5.74, 6) is 1.76. The van der Waals surface area contributed by atoms with Crippen molar-refractivity contribution < 1.29 is 4.74 Å². The van der Waals surface area contributed by atoms with Crippen LogP contribution >= 0.6 is 11.8 Å². The lowest BCUT2D eigenvalue weighted by atomic mass is 9.87. The highest BCUT2D eigenvalue weighted by Gasteiger charge is 2.27. The van der Waals surface area contributed by atoms with Crippen molar-refractivity contribution in [1.29, 1.82) is 0 Å². The van der Waals surface area contributed by atoms with Crippen LogP contribution in [0.15, 0.2) is 131 Å². The largest absolute Gasteiger partial charge is 0.460 e. The summed E-state index contributed by atoms with van der Waals surface area (Å²) in [7, 11) is 0. The van der Waals surface area contributed by atoms with Gasteiger partial charge in [0.05, 0.1) is 10.8 Å². The predicted molar refractivity (Wildman–Crippen MR) is 114 cm³/mol. The van der Waals surface area contributed by atoms with Crippen LogP contribution in [0.4, 0.5) is 0 Å². The summed E-state index contributed by atoms with van der Waals surface area (Å²) >= 11 is 1.72. The number of rotatable bonds is 5. The second kappa shape index (κ2) is 8.15. The number of ether oxygens (including phenoxy) is 1. The number of thioether (sulfide) groups is 1. The first-order valence-electron chi connectivity index (χ1n) is 8.93. The molecule has 1 nitrogen and oxygen atoms in total. The predicted octanol–water partition coefficient (Wildman–Crippen LogP) is 6.98. The Kier molecular flexibility index (Phi) is 5.27. The molecule has 0 fully saturated rings. The summed E-state index contributed by atoms with van der Waals surface area (Å²) in [6, 6.07) is 30.8. The zero-order valence-electron chi connectivity index (χ0n) is 14.9. The molecular formula is C25H20OS. The third-order valence-corrected chi connectivity index (χ3v) is 5.46. The average molecular weight is 369 g/mol. The molecule has 0 heterocycles. The van der Waals surface area contributed by atoms with Crippen LogP contribution in [0.3, 0.4) is 0 Å². The Bertz CT molecular complexity index is 973. The Hall–Kier alpha value is -2.97. The topological polar surface area (TPSA) is 9.23 Å². The molecule has 3 aromatic rings. The molecule has 1 unspecified atom stereocenters. The highest BCUT2D eigenvalue weighted by Crippen LogP contribution is 2.43. The van der Waals surface area contributed by atoms with Gasteiger partial charge in [0.25, 0.3) is 0 Å². The molecule has 0 aromatic heterocycles. The van der Waals surface area contributed by atoms with E-state index < -0.39 is 0 Å². The number of hydrogen-bond acceptors (Lipinski definition) is 2. The molecule has 1 aliphatic rings. The summed E-state index contributed by atoms with van der Waals surface area (Å²) in [4.78, 5) is 2.29. The first-order chi connectivity index (χ1) is 13.3. The zero-order chi connectivity index (χ0) is 18.5. The van der Waals surface area contributed by atoms with E-state index in [1.54, 1.807) is 11.8 Å². The molecule has 27 heavy (non-hydrogen) atoms. The Morgan fingerprint density at radius 2 is 1.30 bits per heavy atom. The van der Waals surface area contributed by atoms with E-state index in [0.29, 0.717) is 0 Å². The van der Waals surface area contributed by atoms with Crippen LogP contribution in [0, 0.1) is 0 Å². The molecule has 0 aliphatic heterocycles. The van der Waals surface area contributed by atoms with Crippen molar-refractivity contribution in [2.75, 3.05) is 0 Å². The highest BCUT2D eigenvalue weighted by atomic mass is 32.2. The monoisotopic (exact) mass is 368 g/mol. The molecule has 0 saturated heterocycles. The van der Waals surface area contributed by atoms with Gasteiger partial charge in [0, 0.05) is 4.90 Å². The molecular weight excluding hydrogens is 348 g/mol. The first kappa shape index (κ1) is 17.4. The number of hydrogen-bond donors (Lipinski definition) is 0. The minimum Gasteiger partial charge on any atom is -0.460 e. The highest BCUT2D eigenvalue weighted by molar-refractivity contribution is 8.03. The summed E-state index contributed by atoms with van der Waals surface area (Å²) < 4.78 is 6.42. The second-order valence-electron chi connectivity index (χ2n) is 6.31. The smallest absolute Gasteiger partial charge is 0.130 e. The van der Waals surface area contributed by atoms with Gasteiger partial charge in [-0.3, -0.25) is 0 Å². The molecule has 1 atom stereocenters. The second-order valence-corrected chi connectivity index (χ2v) is 7.43. The number of allylic oxidation sites excluding steroid dienone is 3. The molecule has 2 heteroatoms.